The molecule has 1 amide bonds. The lowest BCUT2D eigenvalue weighted by molar-refractivity contribution is -0.126. The summed E-state index contributed by atoms with van der Waals surface area (Å²) in [7, 11) is 0. The molecule has 3 aromatic rings. The van der Waals surface area contributed by atoms with Crippen LogP contribution in [0.1, 0.15) is 36.4 Å². The van der Waals surface area contributed by atoms with Gasteiger partial charge in [-0.2, -0.15) is 4.98 Å². The normalized spacial score (nSPS) is 19.3. The predicted octanol–water partition coefficient (Wildman–Crippen LogP) is 3.79. The van der Waals surface area contributed by atoms with Crippen LogP contribution in [-0.4, -0.2) is 27.1 Å². The van der Waals surface area contributed by atoms with E-state index in [-0.39, 0.29) is 17.9 Å². The first-order chi connectivity index (χ1) is 13.7. The van der Waals surface area contributed by atoms with Gasteiger partial charge in [0.25, 0.3) is 11.8 Å². The van der Waals surface area contributed by atoms with Gasteiger partial charge < -0.3 is 15.2 Å². The summed E-state index contributed by atoms with van der Waals surface area (Å²) >= 11 is 1.60. The molecule has 1 fully saturated rings. The average Bonchev–Trinajstić information content (AvgIpc) is 3.36. The molecule has 2 N–H and O–H groups in total. The van der Waals surface area contributed by atoms with E-state index in [2.05, 4.69) is 25.8 Å². The Hall–Kier alpha value is -2.74. The van der Waals surface area contributed by atoms with Crippen molar-refractivity contribution in [3.8, 4) is 11.5 Å². The second kappa shape index (κ2) is 8.52. The zero-order chi connectivity index (χ0) is 19.3. The maximum atomic E-state index is 12.4. The third-order valence-corrected chi connectivity index (χ3v) is 5.81. The number of anilines is 1. The number of benzene rings is 1. The fourth-order valence-corrected chi connectivity index (χ4v) is 4.09. The van der Waals surface area contributed by atoms with E-state index in [1.54, 1.807) is 11.3 Å². The van der Waals surface area contributed by atoms with Gasteiger partial charge in [0.05, 0.1) is 17.2 Å². The van der Waals surface area contributed by atoms with Crippen LogP contribution >= 0.6 is 11.3 Å². The van der Waals surface area contributed by atoms with E-state index in [0.29, 0.717) is 18.4 Å². The number of hydrogen-bond donors (Lipinski definition) is 2. The van der Waals surface area contributed by atoms with Crippen LogP contribution in [0.5, 0.6) is 0 Å². The van der Waals surface area contributed by atoms with Gasteiger partial charge in [-0.1, -0.05) is 18.2 Å². The third-order valence-electron chi connectivity index (χ3n) is 4.99. The SMILES string of the molecule is Cc1nc(CNC(=O)C2CCC(Nc3noc(-c4ccccc4)n3)CC2)cs1. The minimum Gasteiger partial charge on any atom is -0.350 e. The predicted molar refractivity (Wildman–Crippen MR) is 108 cm³/mol. The Morgan fingerprint density at radius 3 is 2.68 bits per heavy atom. The highest BCUT2D eigenvalue weighted by molar-refractivity contribution is 7.09. The van der Waals surface area contributed by atoms with Gasteiger partial charge in [-0.15, -0.1) is 11.3 Å². The molecular weight excluding hydrogens is 374 g/mol. The molecule has 0 aliphatic heterocycles. The van der Waals surface area contributed by atoms with Crippen LogP contribution in [0.15, 0.2) is 40.2 Å². The van der Waals surface area contributed by atoms with Gasteiger partial charge >= 0.3 is 0 Å². The molecule has 0 unspecified atom stereocenters. The van der Waals surface area contributed by atoms with Crippen LogP contribution in [0.25, 0.3) is 11.5 Å². The first-order valence-corrected chi connectivity index (χ1v) is 10.4. The second-order valence-electron chi connectivity index (χ2n) is 7.06. The molecule has 0 atom stereocenters. The molecule has 1 aliphatic carbocycles. The van der Waals surface area contributed by atoms with Gasteiger partial charge in [0.1, 0.15) is 0 Å². The summed E-state index contributed by atoms with van der Waals surface area (Å²) in [5.41, 5.74) is 1.83. The van der Waals surface area contributed by atoms with Crippen molar-refractivity contribution in [3.05, 3.63) is 46.4 Å². The van der Waals surface area contributed by atoms with Crippen LogP contribution in [-0.2, 0) is 11.3 Å². The molecule has 28 heavy (non-hydrogen) atoms. The number of aromatic nitrogens is 3. The minimum absolute atomic E-state index is 0.0583. The summed E-state index contributed by atoms with van der Waals surface area (Å²) in [6, 6.07) is 9.96. The van der Waals surface area contributed by atoms with Crippen molar-refractivity contribution in [2.75, 3.05) is 5.32 Å². The van der Waals surface area contributed by atoms with Gasteiger partial charge in [-0.25, -0.2) is 4.98 Å². The molecule has 0 radical (unpaired) electrons. The Morgan fingerprint density at radius 2 is 1.96 bits per heavy atom. The highest BCUT2D eigenvalue weighted by Crippen LogP contribution is 2.27. The molecule has 8 heteroatoms. The lowest BCUT2D eigenvalue weighted by atomic mass is 9.85. The Balaban J connectivity index is 1.24. The Labute approximate surface area is 167 Å². The molecule has 0 bridgehead atoms. The molecule has 0 saturated heterocycles. The number of nitrogens with one attached hydrogen (secondary N) is 2. The number of rotatable bonds is 6. The number of amides is 1. The maximum Gasteiger partial charge on any atom is 0.263 e. The van der Waals surface area contributed by atoms with E-state index in [9.17, 15) is 4.79 Å². The summed E-state index contributed by atoms with van der Waals surface area (Å²) in [4.78, 5) is 21.2. The van der Waals surface area contributed by atoms with Gasteiger partial charge in [0.2, 0.25) is 5.91 Å². The number of thiazole rings is 1. The molecular formula is C20H23N5O2S. The van der Waals surface area contributed by atoms with Crippen LogP contribution < -0.4 is 10.6 Å². The highest BCUT2D eigenvalue weighted by Gasteiger charge is 2.27. The maximum absolute atomic E-state index is 12.4. The summed E-state index contributed by atoms with van der Waals surface area (Å²) in [5, 5.41) is 13.4. The van der Waals surface area contributed by atoms with Gasteiger partial charge in [-0.05, 0) is 49.9 Å². The molecule has 1 saturated carbocycles. The van der Waals surface area contributed by atoms with E-state index in [1.807, 2.05) is 42.6 Å². The van der Waals surface area contributed by atoms with Crippen molar-refractivity contribution in [2.45, 2.75) is 45.2 Å². The van der Waals surface area contributed by atoms with E-state index in [0.717, 1.165) is 41.9 Å². The van der Waals surface area contributed by atoms with Gasteiger partial charge in [0, 0.05) is 22.9 Å². The summed E-state index contributed by atoms with van der Waals surface area (Å²) in [5.74, 6) is 1.19. The molecule has 2 heterocycles. The van der Waals surface area contributed by atoms with E-state index >= 15 is 0 Å². The number of hydrogen-bond acceptors (Lipinski definition) is 7. The quantitative estimate of drug-likeness (QED) is 0.657. The topological polar surface area (TPSA) is 92.9 Å². The Morgan fingerprint density at radius 1 is 1.18 bits per heavy atom. The van der Waals surface area contributed by atoms with Crippen molar-refractivity contribution in [1.82, 2.24) is 20.4 Å². The van der Waals surface area contributed by atoms with Crippen LogP contribution in [0.2, 0.25) is 0 Å². The number of nitrogens with zero attached hydrogens (tertiary/aromatic N) is 3. The van der Waals surface area contributed by atoms with Crippen molar-refractivity contribution >= 4 is 23.2 Å². The Kier molecular flexibility index (Phi) is 5.66. The second-order valence-corrected chi connectivity index (χ2v) is 8.12. The molecule has 7 nitrogen and oxygen atoms in total. The monoisotopic (exact) mass is 397 g/mol. The van der Waals surface area contributed by atoms with Crippen molar-refractivity contribution in [1.29, 1.82) is 0 Å². The van der Waals surface area contributed by atoms with Crippen molar-refractivity contribution < 1.29 is 9.32 Å². The first kappa shape index (κ1) is 18.6. The molecule has 2 aromatic heterocycles. The van der Waals surface area contributed by atoms with Crippen LogP contribution in [0.3, 0.4) is 0 Å². The van der Waals surface area contributed by atoms with Crippen LogP contribution in [0.4, 0.5) is 5.95 Å². The fraction of sp³-hybridized carbons (Fsp3) is 0.400. The lowest BCUT2D eigenvalue weighted by Gasteiger charge is -2.27. The molecule has 1 aromatic carbocycles. The van der Waals surface area contributed by atoms with E-state index in [1.165, 1.54) is 0 Å². The fourth-order valence-electron chi connectivity index (χ4n) is 3.47. The minimum atomic E-state index is 0.0583. The molecule has 0 spiro atoms. The smallest absolute Gasteiger partial charge is 0.263 e. The van der Waals surface area contributed by atoms with Gasteiger partial charge in [-0.3, -0.25) is 4.79 Å². The number of carbonyl (C=O) groups is 1. The standard InChI is InChI=1S/C20H23N5O2S/c1-13-22-17(12-28-13)11-21-18(26)14-7-9-16(10-8-14)23-20-24-19(27-25-20)15-5-3-2-4-6-15/h2-6,12,14,16H,7-11H2,1H3,(H,21,26)(H,23,25). The third kappa shape index (κ3) is 4.56. The zero-order valence-electron chi connectivity index (χ0n) is 15.7. The van der Waals surface area contributed by atoms with Crippen molar-refractivity contribution in [2.24, 2.45) is 5.92 Å². The average molecular weight is 398 g/mol. The summed E-state index contributed by atoms with van der Waals surface area (Å²) in [6.07, 6.45) is 3.51. The van der Waals surface area contributed by atoms with Crippen molar-refractivity contribution in [3.63, 3.8) is 0 Å². The van der Waals surface area contributed by atoms with E-state index in [4.69, 9.17) is 4.52 Å². The number of carbonyl (C=O) groups excluding carboxylic acids is 1. The molecule has 146 valence electrons. The van der Waals surface area contributed by atoms with Crippen LogP contribution in [0, 0.1) is 12.8 Å². The highest BCUT2D eigenvalue weighted by atomic mass is 32.1. The van der Waals surface area contributed by atoms with Gasteiger partial charge in [0.15, 0.2) is 0 Å². The summed E-state index contributed by atoms with van der Waals surface area (Å²) in [6.45, 7) is 2.48. The number of aryl methyl sites for hydroxylation is 1. The van der Waals surface area contributed by atoms with E-state index < -0.39 is 0 Å². The zero-order valence-corrected chi connectivity index (χ0v) is 16.5. The molecule has 1 aliphatic rings. The Bertz CT molecular complexity index is 916. The first-order valence-electron chi connectivity index (χ1n) is 9.52. The molecule has 4 rings (SSSR count). The lowest BCUT2D eigenvalue weighted by Crippen LogP contribution is -2.35. The summed E-state index contributed by atoms with van der Waals surface area (Å²) < 4.78 is 5.33. The largest absolute Gasteiger partial charge is 0.350 e.